The SMILES string of the molecule is Clc1c(CNCc2ccccc2)[nH]c2ccccc12. The summed E-state index contributed by atoms with van der Waals surface area (Å²) in [5, 5.41) is 5.30. The van der Waals surface area contributed by atoms with Crippen LogP contribution in [0.5, 0.6) is 0 Å². The van der Waals surface area contributed by atoms with Crippen molar-refractivity contribution in [3.8, 4) is 0 Å². The second kappa shape index (κ2) is 5.47. The van der Waals surface area contributed by atoms with Gasteiger partial charge in [-0.05, 0) is 11.6 Å². The average Bonchev–Trinajstić information content (AvgIpc) is 2.78. The molecule has 0 radical (unpaired) electrons. The van der Waals surface area contributed by atoms with Crippen LogP contribution in [0.2, 0.25) is 5.02 Å². The Morgan fingerprint density at radius 3 is 2.42 bits per heavy atom. The molecular weight excluding hydrogens is 256 g/mol. The van der Waals surface area contributed by atoms with Gasteiger partial charge in [-0.25, -0.2) is 0 Å². The van der Waals surface area contributed by atoms with E-state index in [1.165, 1.54) is 5.56 Å². The summed E-state index contributed by atoms with van der Waals surface area (Å²) in [7, 11) is 0. The Hall–Kier alpha value is -1.77. The summed E-state index contributed by atoms with van der Waals surface area (Å²) < 4.78 is 0. The first-order valence-corrected chi connectivity index (χ1v) is 6.72. The van der Waals surface area contributed by atoms with Gasteiger partial charge in [-0.15, -0.1) is 0 Å². The molecule has 1 aromatic heterocycles. The molecule has 0 amide bonds. The molecule has 0 saturated carbocycles. The molecule has 0 bridgehead atoms. The maximum absolute atomic E-state index is 6.37. The number of nitrogens with one attached hydrogen (secondary N) is 2. The van der Waals surface area contributed by atoms with Crippen LogP contribution in [0.3, 0.4) is 0 Å². The zero-order chi connectivity index (χ0) is 13.1. The van der Waals surface area contributed by atoms with E-state index >= 15 is 0 Å². The number of para-hydroxylation sites is 1. The van der Waals surface area contributed by atoms with Crippen LogP contribution < -0.4 is 5.32 Å². The summed E-state index contributed by atoms with van der Waals surface area (Å²) in [6.45, 7) is 1.58. The molecule has 0 saturated heterocycles. The minimum atomic E-state index is 0.738. The third-order valence-corrected chi connectivity index (χ3v) is 3.62. The fourth-order valence-corrected chi connectivity index (χ4v) is 2.49. The molecule has 3 aromatic rings. The van der Waals surface area contributed by atoms with Gasteiger partial charge in [-0.1, -0.05) is 60.1 Å². The summed E-state index contributed by atoms with van der Waals surface area (Å²) in [6, 6.07) is 18.4. The van der Waals surface area contributed by atoms with Crippen molar-refractivity contribution in [2.75, 3.05) is 0 Å². The lowest BCUT2D eigenvalue weighted by atomic mass is 10.2. The molecule has 0 unspecified atom stereocenters. The first-order valence-electron chi connectivity index (χ1n) is 6.34. The molecule has 0 spiro atoms. The summed E-state index contributed by atoms with van der Waals surface area (Å²) in [5.74, 6) is 0. The standard InChI is InChI=1S/C16H15ClN2/c17-16-13-8-4-5-9-14(13)19-15(16)11-18-10-12-6-2-1-3-7-12/h1-9,18-19H,10-11H2. The molecule has 2 nitrogen and oxygen atoms in total. The number of halogens is 1. The summed E-state index contributed by atoms with van der Waals surface area (Å²) in [5.41, 5.74) is 3.40. The van der Waals surface area contributed by atoms with E-state index in [0.717, 1.165) is 34.7 Å². The Labute approximate surface area is 117 Å². The van der Waals surface area contributed by atoms with Gasteiger partial charge < -0.3 is 10.3 Å². The van der Waals surface area contributed by atoms with E-state index in [1.54, 1.807) is 0 Å². The fourth-order valence-electron chi connectivity index (χ4n) is 2.21. The van der Waals surface area contributed by atoms with Crippen molar-refractivity contribution in [2.45, 2.75) is 13.1 Å². The summed E-state index contributed by atoms with van der Waals surface area (Å²) in [4.78, 5) is 3.36. The summed E-state index contributed by atoms with van der Waals surface area (Å²) >= 11 is 6.37. The smallest absolute Gasteiger partial charge is 0.0705 e. The first-order chi connectivity index (χ1) is 9.34. The van der Waals surface area contributed by atoms with Crippen molar-refractivity contribution < 1.29 is 0 Å². The van der Waals surface area contributed by atoms with Crippen molar-refractivity contribution in [3.05, 3.63) is 70.9 Å². The van der Waals surface area contributed by atoms with Gasteiger partial charge in [0.15, 0.2) is 0 Å². The van der Waals surface area contributed by atoms with Crippen molar-refractivity contribution >= 4 is 22.5 Å². The van der Waals surface area contributed by atoms with Gasteiger partial charge in [0.25, 0.3) is 0 Å². The fraction of sp³-hybridized carbons (Fsp3) is 0.125. The van der Waals surface area contributed by atoms with Gasteiger partial charge >= 0.3 is 0 Å². The number of hydrogen-bond acceptors (Lipinski definition) is 1. The van der Waals surface area contributed by atoms with Crippen LogP contribution in [0.4, 0.5) is 0 Å². The van der Waals surface area contributed by atoms with E-state index in [2.05, 4.69) is 22.4 Å². The molecule has 3 heteroatoms. The van der Waals surface area contributed by atoms with Crippen LogP contribution >= 0.6 is 11.6 Å². The number of fused-ring (bicyclic) bond motifs is 1. The van der Waals surface area contributed by atoms with Crippen LogP contribution in [-0.2, 0) is 13.1 Å². The van der Waals surface area contributed by atoms with Crippen LogP contribution in [0.15, 0.2) is 54.6 Å². The highest BCUT2D eigenvalue weighted by Gasteiger charge is 2.07. The second-order valence-electron chi connectivity index (χ2n) is 4.55. The molecule has 0 aliphatic rings. The highest BCUT2D eigenvalue weighted by atomic mass is 35.5. The van der Waals surface area contributed by atoms with Crippen molar-refractivity contribution in [3.63, 3.8) is 0 Å². The summed E-state index contributed by atoms with van der Waals surface area (Å²) in [6.07, 6.45) is 0. The first kappa shape index (κ1) is 12.3. The monoisotopic (exact) mass is 270 g/mol. The largest absolute Gasteiger partial charge is 0.356 e. The lowest BCUT2D eigenvalue weighted by molar-refractivity contribution is 0.684. The molecule has 0 atom stereocenters. The van der Waals surface area contributed by atoms with Crippen molar-refractivity contribution in [1.29, 1.82) is 0 Å². The lowest BCUT2D eigenvalue weighted by Gasteiger charge is -2.03. The van der Waals surface area contributed by atoms with E-state index in [0.29, 0.717) is 0 Å². The third kappa shape index (κ3) is 2.65. The lowest BCUT2D eigenvalue weighted by Crippen LogP contribution is -2.13. The Morgan fingerprint density at radius 2 is 1.63 bits per heavy atom. The minimum absolute atomic E-state index is 0.738. The van der Waals surface area contributed by atoms with Crippen molar-refractivity contribution in [1.82, 2.24) is 10.3 Å². The predicted molar refractivity (Wildman–Crippen MR) is 80.3 cm³/mol. The molecule has 0 aliphatic carbocycles. The topological polar surface area (TPSA) is 27.8 Å². The van der Waals surface area contributed by atoms with Crippen molar-refractivity contribution in [2.24, 2.45) is 0 Å². The van der Waals surface area contributed by atoms with E-state index in [4.69, 9.17) is 11.6 Å². The van der Waals surface area contributed by atoms with Gasteiger partial charge in [0, 0.05) is 29.7 Å². The molecule has 2 N–H and O–H groups in total. The number of H-pyrrole nitrogens is 1. The van der Waals surface area contributed by atoms with Crippen LogP contribution in [0.25, 0.3) is 10.9 Å². The maximum atomic E-state index is 6.37. The molecular formula is C16H15ClN2. The Morgan fingerprint density at radius 1 is 0.895 bits per heavy atom. The van der Waals surface area contributed by atoms with E-state index < -0.39 is 0 Å². The highest BCUT2D eigenvalue weighted by Crippen LogP contribution is 2.26. The number of rotatable bonds is 4. The number of benzene rings is 2. The van der Waals surface area contributed by atoms with E-state index in [9.17, 15) is 0 Å². The Balaban J connectivity index is 1.70. The van der Waals surface area contributed by atoms with Crippen LogP contribution in [0, 0.1) is 0 Å². The zero-order valence-corrected chi connectivity index (χ0v) is 11.2. The van der Waals surface area contributed by atoms with Gasteiger partial charge in [0.1, 0.15) is 0 Å². The molecule has 3 rings (SSSR count). The minimum Gasteiger partial charge on any atom is -0.356 e. The highest BCUT2D eigenvalue weighted by molar-refractivity contribution is 6.36. The van der Waals surface area contributed by atoms with E-state index in [-0.39, 0.29) is 0 Å². The average molecular weight is 271 g/mol. The van der Waals surface area contributed by atoms with Crippen LogP contribution in [0.1, 0.15) is 11.3 Å². The zero-order valence-electron chi connectivity index (χ0n) is 10.5. The van der Waals surface area contributed by atoms with Gasteiger partial charge in [0.05, 0.1) is 5.02 Å². The van der Waals surface area contributed by atoms with Gasteiger partial charge in [-0.3, -0.25) is 0 Å². The normalized spacial score (nSPS) is 11.0. The molecule has 0 fully saturated rings. The van der Waals surface area contributed by atoms with E-state index in [1.807, 2.05) is 42.5 Å². The van der Waals surface area contributed by atoms with Gasteiger partial charge in [-0.2, -0.15) is 0 Å². The molecule has 96 valence electrons. The predicted octanol–water partition coefficient (Wildman–Crippen LogP) is 4.11. The molecule has 19 heavy (non-hydrogen) atoms. The molecule has 0 aliphatic heterocycles. The Kier molecular flexibility index (Phi) is 3.53. The number of aromatic amines is 1. The van der Waals surface area contributed by atoms with Gasteiger partial charge in [0.2, 0.25) is 0 Å². The maximum Gasteiger partial charge on any atom is 0.0705 e. The van der Waals surface area contributed by atoms with Crippen LogP contribution in [-0.4, -0.2) is 4.98 Å². The second-order valence-corrected chi connectivity index (χ2v) is 4.93. The quantitative estimate of drug-likeness (QED) is 0.734. The molecule has 1 heterocycles. The number of aromatic nitrogens is 1. The third-order valence-electron chi connectivity index (χ3n) is 3.19. The molecule has 2 aromatic carbocycles. The number of hydrogen-bond donors (Lipinski definition) is 2. The Bertz CT molecular complexity index is 674.